The Labute approximate surface area is 336 Å². The number of hydrogen-bond acceptors (Lipinski definition) is 8. The number of halogens is 1. The molecule has 1 aliphatic carbocycles. The van der Waals surface area contributed by atoms with Crippen LogP contribution >= 0.6 is 11.6 Å². The number of carboxylic acids is 1. The van der Waals surface area contributed by atoms with Gasteiger partial charge in [-0.1, -0.05) is 17.7 Å². The highest BCUT2D eigenvalue weighted by Gasteiger charge is 2.24. The van der Waals surface area contributed by atoms with Crippen molar-refractivity contribution in [2.24, 2.45) is 0 Å². The summed E-state index contributed by atoms with van der Waals surface area (Å²) in [5, 5.41) is 30.4. The molecule has 0 spiro atoms. The first-order chi connectivity index (χ1) is 27.9. The van der Waals surface area contributed by atoms with E-state index in [-0.39, 0.29) is 58.6 Å². The number of rotatable bonds is 12. The van der Waals surface area contributed by atoms with Crippen LogP contribution in [0.15, 0.2) is 106 Å². The van der Waals surface area contributed by atoms with Gasteiger partial charge in [0.2, 0.25) is 5.91 Å². The van der Waals surface area contributed by atoms with Crippen LogP contribution in [-0.2, 0) is 11.2 Å². The van der Waals surface area contributed by atoms with E-state index < -0.39 is 12.0 Å². The lowest BCUT2D eigenvalue weighted by Gasteiger charge is -2.17. The van der Waals surface area contributed by atoms with Crippen LogP contribution in [0.25, 0.3) is 44.3 Å². The van der Waals surface area contributed by atoms with Crippen molar-refractivity contribution in [1.29, 1.82) is 0 Å². The lowest BCUT2D eigenvalue weighted by Crippen LogP contribution is -2.31. The molecule has 3 amide bonds. The van der Waals surface area contributed by atoms with Gasteiger partial charge in [-0.25, -0.2) is 9.59 Å². The van der Waals surface area contributed by atoms with E-state index in [1.54, 1.807) is 79.3 Å². The number of phenolic OH excluding ortho intramolecular Hbond substituents is 1. The van der Waals surface area contributed by atoms with E-state index in [9.17, 15) is 34.2 Å². The van der Waals surface area contributed by atoms with Crippen LogP contribution in [0.2, 0.25) is 5.02 Å². The van der Waals surface area contributed by atoms with Gasteiger partial charge < -0.3 is 35.3 Å². The van der Waals surface area contributed by atoms with Crippen LogP contribution in [0.4, 0.5) is 10.5 Å². The second-order valence-electron chi connectivity index (χ2n) is 13.6. The minimum atomic E-state index is -1.24. The number of phenols is 1. The van der Waals surface area contributed by atoms with E-state index in [2.05, 4.69) is 16.0 Å². The number of anilines is 1. The molecule has 5 N–H and O–H groups in total. The number of carboxylic acid groups (broad SMARTS) is 1. The Kier molecular flexibility index (Phi) is 11.2. The Balaban J connectivity index is 0.960. The van der Waals surface area contributed by atoms with Crippen LogP contribution in [0, 0.1) is 6.92 Å². The molecule has 13 nitrogen and oxygen atoms in total. The molecule has 0 fully saturated rings. The average molecular weight is 801 g/mol. The highest BCUT2D eigenvalue weighted by molar-refractivity contribution is 6.30. The second-order valence-corrected chi connectivity index (χ2v) is 14.0. The van der Waals surface area contributed by atoms with Crippen molar-refractivity contribution in [3.05, 3.63) is 135 Å². The highest BCUT2D eigenvalue weighted by atomic mass is 35.5. The summed E-state index contributed by atoms with van der Waals surface area (Å²) in [6.07, 6.45) is 1.13. The van der Waals surface area contributed by atoms with Crippen molar-refractivity contribution in [1.82, 2.24) is 15.2 Å². The number of ether oxygens (including phenoxy) is 1. The topological polar surface area (TPSA) is 189 Å². The zero-order valence-corrected chi connectivity index (χ0v) is 32.1. The van der Waals surface area contributed by atoms with Crippen LogP contribution in [0.5, 0.6) is 11.5 Å². The summed E-state index contributed by atoms with van der Waals surface area (Å²) in [7, 11) is 1.55. The first-order valence-corrected chi connectivity index (χ1v) is 18.7. The van der Waals surface area contributed by atoms with E-state index in [0.29, 0.717) is 74.6 Å². The van der Waals surface area contributed by atoms with Gasteiger partial charge in [-0.3, -0.25) is 19.0 Å². The number of nitrogens with one attached hydrogen (secondary N) is 3. The second kappa shape index (κ2) is 16.5. The van der Waals surface area contributed by atoms with E-state index >= 15 is 0 Å². The molecule has 2 aliphatic rings. The van der Waals surface area contributed by atoms with Gasteiger partial charge >= 0.3 is 12.0 Å². The van der Waals surface area contributed by atoms with Gasteiger partial charge in [-0.2, -0.15) is 0 Å². The van der Waals surface area contributed by atoms with Gasteiger partial charge in [0, 0.05) is 69.1 Å². The number of carbonyl (C=O) groups excluding carboxylic acids is 3. The quantitative estimate of drug-likeness (QED) is 0.0606. The minimum Gasteiger partial charge on any atom is -0.508 e. The first-order valence-electron chi connectivity index (χ1n) is 18.3. The molecule has 0 atom stereocenters. The lowest BCUT2D eigenvalue weighted by molar-refractivity contribution is -0.120. The van der Waals surface area contributed by atoms with E-state index in [1.165, 1.54) is 30.3 Å². The predicted octanol–water partition coefficient (Wildman–Crippen LogP) is 7.84. The summed E-state index contributed by atoms with van der Waals surface area (Å²) in [4.78, 5) is 64.2. The number of benzene rings is 5. The zero-order valence-electron chi connectivity index (χ0n) is 31.4. The van der Waals surface area contributed by atoms with Crippen molar-refractivity contribution < 1.29 is 38.5 Å². The number of aromatic carboxylic acids is 1. The molecule has 0 bridgehead atoms. The third kappa shape index (κ3) is 8.06. The Morgan fingerprint density at radius 2 is 1.57 bits per heavy atom. The van der Waals surface area contributed by atoms with Crippen LogP contribution in [0.3, 0.4) is 0 Å². The number of methoxy groups -OCH3 is 1. The smallest absolute Gasteiger partial charge is 0.336 e. The summed E-state index contributed by atoms with van der Waals surface area (Å²) >= 11 is 6.04. The van der Waals surface area contributed by atoms with Gasteiger partial charge in [-0.05, 0) is 110 Å². The normalized spacial score (nSPS) is 11.2. The van der Waals surface area contributed by atoms with Gasteiger partial charge in [-0.15, -0.1) is 0 Å². The molecular formula is C44H37ClN4O9. The molecule has 0 saturated heterocycles. The SMILES string of the molecule is COc1ccc2c(c1)c(CC(=O)NCCCCNC(=O)Nc1ccc(-c3c4ccc(=O)cc-4oc4cc(O)ccc34)c(C(=O)O)c1)c(C)n2C(=O)c1ccc(Cl)cc1. The predicted molar refractivity (Wildman–Crippen MR) is 221 cm³/mol. The Morgan fingerprint density at radius 1 is 0.828 bits per heavy atom. The van der Waals surface area contributed by atoms with E-state index in [1.807, 2.05) is 6.07 Å². The molecule has 7 rings (SSSR count). The molecule has 0 saturated carbocycles. The van der Waals surface area contributed by atoms with Crippen molar-refractivity contribution in [2.45, 2.75) is 26.2 Å². The maximum absolute atomic E-state index is 13.6. The average Bonchev–Trinajstić information content (AvgIpc) is 3.47. The van der Waals surface area contributed by atoms with Gasteiger partial charge in [0.15, 0.2) is 5.43 Å². The fourth-order valence-electron chi connectivity index (χ4n) is 7.04. The fourth-order valence-corrected chi connectivity index (χ4v) is 7.17. The molecule has 0 unspecified atom stereocenters. The standard InChI is InChI=1S/C44H37ClN4O9/c1-24-34(35-22-30(57-2)12-16-37(35)49(24)42(53)25-5-7-26(45)8-6-25)23-40(52)46-17-3-4-18-47-44(56)48-27-9-13-31(36(19-27)43(54)55)41-32-14-10-28(50)20-38(32)58-39-21-29(51)11-15-33(39)41/h5-16,19-22,50H,3-4,17-18,23H2,1-2H3,(H,46,52)(H,54,55)(H2,47,48,56). The number of nitrogens with zero attached hydrogens (tertiary/aromatic N) is 1. The lowest BCUT2D eigenvalue weighted by atomic mass is 9.90. The third-order valence-corrected chi connectivity index (χ3v) is 10.1. The Bertz CT molecular complexity index is 2770. The van der Waals surface area contributed by atoms with E-state index in [0.717, 1.165) is 5.39 Å². The van der Waals surface area contributed by atoms with Crippen LogP contribution in [-0.4, -0.2) is 58.8 Å². The first kappa shape index (κ1) is 39.1. The maximum atomic E-state index is 13.6. The molecule has 2 heterocycles. The summed E-state index contributed by atoms with van der Waals surface area (Å²) in [5.74, 6) is -0.966. The monoisotopic (exact) mass is 800 g/mol. The van der Waals surface area contributed by atoms with Crippen LogP contribution in [0.1, 0.15) is 44.8 Å². The summed E-state index contributed by atoms with van der Waals surface area (Å²) in [5.41, 5.74) is 3.85. The number of aromatic nitrogens is 1. The molecule has 4 aromatic carbocycles. The molecule has 0 radical (unpaired) electrons. The molecule has 58 heavy (non-hydrogen) atoms. The largest absolute Gasteiger partial charge is 0.508 e. The van der Waals surface area contributed by atoms with Gasteiger partial charge in [0.25, 0.3) is 5.91 Å². The number of urea groups is 1. The summed E-state index contributed by atoms with van der Waals surface area (Å²) in [6, 6.07) is 24.6. The van der Waals surface area contributed by atoms with Gasteiger partial charge in [0.1, 0.15) is 22.8 Å². The molecule has 294 valence electrons. The van der Waals surface area contributed by atoms with Crippen molar-refractivity contribution in [2.75, 3.05) is 25.5 Å². The number of carbonyl (C=O) groups is 4. The highest BCUT2D eigenvalue weighted by Crippen LogP contribution is 2.42. The van der Waals surface area contributed by atoms with Gasteiger partial charge in [0.05, 0.1) is 24.6 Å². The summed E-state index contributed by atoms with van der Waals surface area (Å²) in [6.45, 7) is 2.44. The molecular weight excluding hydrogens is 764 g/mol. The van der Waals surface area contributed by atoms with Crippen molar-refractivity contribution in [3.8, 4) is 33.9 Å². The Hall–Kier alpha value is -7.12. The number of amides is 3. The molecule has 5 aromatic rings. The fraction of sp³-hybridized carbons (Fsp3) is 0.159. The number of unbranched alkanes of at least 4 members (excludes halogenated alkanes) is 1. The molecule has 14 heteroatoms. The van der Waals surface area contributed by atoms with Crippen molar-refractivity contribution in [3.63, 3.8) is 0 Å². The minimum absolute atomic E-state index is 0.0326. The Morgan fingerprint density at radius 3 is 2.31 bits per heavy atom. The maximum Gasteiger partial charge on any atom is 0.336 e. The number of aromatic hydroxyl groups is 1. The van der Waals surface area contributed by atoms with E-state index in [4.69, 9.17) is 20.8 Å². The van der Waals surface area contributed by atoms with Crippen LogP contribution < -0.4 is 26.1 Å². The zero-order chi connectivity index (χ0) is 41.1. The molecule has 1 aromatic heterocycles. The number of hydrogen-bond donors (Lipinski definition) is 5. The third-order valence-electron chi connectivity index (χ3n) is 9.84. The number of fused-ring (bicyclic) bond motifs is 3. The summed E-state index contributed by atoms with van der Waals surface area (Å²) < 4.78 is 12.9. The van der Waals surface area contributed by atoms with Crippen molar-refractivity contribution >= 4 is 63.0 Å². The molecule has 1 aliphatic heterocycles.